The lowest BCUT2D eigenvalue weighted by Crippen LogP contribution is -2.62. The minimum absolute atomic E-state index is 0.00644. The standard InChI is InChI=1S/C65H68Cl2N14O24P2S5/c1-26(52(68)83)69-53(84)35-23-111-61(74-35)46-40(104-106(92,93)100-14-12-66)16-31-45(76-46)34-21-109-59(71-34)33-20-99-63(89)48-32-19-97-49(50(103-41-17-65(5,91)51(80(6)7)29(4)102-41)64(90)98-18-30-10-9-11-39(42(30)32)81(48)105-107(94,95)101-15-13-67)47(62-75-36(24-112-62)54(85)70-33)79-56(87)38-25-110-60(73-38)44(28(3)96-8)78-57(88)43(27(2)82)77-55(86)37-22-108-58(31)72-37/h9-11,16,21-25,27,29,33,41,43,47,49-51,82,91H,1,12-15,17-20H2,2-8H3,(H2,68,83)(H,69,84)(H,70,85)(H,77,86)(H,78,88)(H,79,87)(H,92,93)(H,94,95)/b44-28+. The fourth-order valence-corrected chi connectivity index (χ4v) is 18.5. The number of ether oxygens (including phenoxy) is 6. The number of pyridine rings is 1. The number of hydrogen-bond donors (Lipinski definition) is 10. The first kappa shape index (κ1) is 82.8. The Morgan fingerprint density at radius 1 is 0.839 bits per heavy atom. The van der Waals surface area contributed by atoms with Gasteiger partial charge in [-0.1, -0.05) is 18.7 Å². The number of nitrogens with two attached hydrogens (primary N) is 1. The number of benzene rings is 1. The number of likely N-dealkylation sites (N-methyl/N-ethyl adjacent to an activating group) is 1. The molecule has 4 aliphatic heterocycles. The molecule has 11 heterocycles. The number of carbonyl (C=O) groups is 8. The van der Waals surface area contributed by atoms with Crippen LogP contribution in [-0.2, 0) is 74.2 Å². The summed E-state index contributed by atoms with van der Waals surface area (Å²) >= 11 is 15.7. The number of hydrogen-bond acceptors (Lipinski definition) is 34. The Labute approximate surface area is 664 Å². The highest BCUT2D eigenvalue weighted by molar-refractivity contribution is 7.48. The topological polar surface area (TPSA) is 516 Å². The molecule has 12 bridgehead atoms. The predicted octanol–water partition coefficient (Wildman–Crippen LogP) is 5.47. The van der Waals surface area contributed by atoms with Crippen molar-refractivity contribution in [2.24, 2.45) is 5.73 Å². The Morgan fingerprint density at radius 3 is 2.17 bits per heavy atom. The lowest BCUT2D eigenvalue weighted by Gasteiger charge is -2.48. The summed E-state index contributed by atoms with van der Waals surface area (Å²) in [4.78, 5) is 169. The second-order valence-corrected chi connectivity index (χ2v) is 33.3. The maximum atomic E-state index is 15.7. The van der Waals surface area contributed by atoms with E-state index in [-0.39, 0.29) is 122 Å². The van der Waals surface area contributed by atoms with Gasteiger partial charge in [0.15, 0.2) is 23.8 Å². The molecular weight excluding hydrogens is 1650 g/mol. The number of phosphoric ester groups is 2. The Hall–Kier alpha value is -8.66. The van der Waals surface area contributed by atoms with Crippen LogP contribution < -0.4 is 41.5 Å². The molecule has 47 heteroatoms. The number of primary amides is 1. The first-order valence-electron chi connectivity index (χ1n) is 33.2. The van der Waals surface area contributed by atoms with Gasteiger partial charge in [-0.25, -0.2) is 48.6 Å². The number of aliphatic hydroxyl groups excluding tert-OH is 1. The van der Waals surface area contributed by atoms with Crippen LogP contribution in [0.3, 0.4) is 0 Å². The fraction of sp³-hybridized carbons (Fsp3) is 0.385. The molecule has 1 aromatic carbocycles. The molecule has 12 atom stereocenters. The SMILES string of the molecule is C=C(NC(=O)c1csc(-c2nc3c(cc2OP(=O)(O)OCCCl)-c2nc(cs2)C(=O)NC(C(C)O)C(=O)N/C(=C(\C)OC)c2nc(cs2)C(=O)NC2c4nc(cs4)C(=O)NC(COC(=O)c4c5c6c(cccc6n4OP(=O)(O)OCCCl)COC(=O)C(OC4CC(C)(O)C(N(C)C)C(C)O4)C2OC5)c2nc-3cs2)n1)C(N)=O. The normalized spacial score (nSPS) is 23.6. The molecule has 12 rings (SSSR count). The monoisotopic (exact) mass is 1720 g/mol. The first-order chi connectivity index (χ1) is 53.2. The number of aliphatic hydroxyl groups is 2. The van der Waals surface area contributed by atoms with E-state index in [0.29, 0.717) is 4.73 Å². The van der Waals surface area contributed by atoms with Gasteiger partial charge in [0, 0.05) is 61.6 Å². The van der Waals surface area contributed by atoms with E-state index < -0.39 is 174 Å². The van der Waals surface area contributed by atoms with Crippen LogP contribution in [-0.4, -0.2) is 208 Å². The molecule has 112 heavy (non-hydrogen) atoms. The Kier molecular flexibility index (Phi) is 25.3. The quantitative estimate of drug-likeness (QED) is 0.0158. The van der Waals surface area contributed by atoms with Crippen molar-refractivity contribution in [3.8, 4) is 38.4 Å². The number of rotatable bonds is 19. The summed E-state index contributed by atoms with van der Waals surface area (Å²) in [5.41, 5.74) is -0.0954. The molecule has 6 amide bonds. The van der Waals surface area contributed by atoms with Crippen molar-refractivity contribution in [1.29, 1.82) is 0 Å². The van der Waals surface area contributed by atoms with Crippen molar-refractivity contribution in [2.45, 2.75) is 108 Å². The number of phosphoric acid groups is 2. The van der Waals surface area contributed by atoms with E-state index in [0.717, 1.165) is 62.8 Å². The molecule has 0 saturated carbocycles. The summed E-state index contributed by atoms with van der Waals surface area (Å²) in [6, 6.07) is -0.303. The van der Waals surface area contributed by atoms with Crippen molar-refractivity contribution in [1.82, 2.24) is 66.1 Å². The maximum Gasteiger partial charge on any atom is 0.546 e. The van der Waals surface area contributed by atoms with Crippen molar-refractivity contribution in [3.63, 3.8) is 0 Å². The van der Waals surface area contributed by atoms with Crippen LogP contribution >= 0.6 is 95.5 Å². The van der Waals surface area contributed by atoms with Crippen LogP contribution in [0.2, 0.25) is 0 Å². The van der Waals surface area contributed by atoms with Gasteiger partial charge in [-0.15, -0.1) is 79.9 Å². The number of nitrogens with zero attached hydrogens (tertiary/aromatic N) is 8. The smallest absolute Gasteiger partial charge is 0.499 e. The zero-order valence-electron chi connectivity index (χ0n) is 59.6. The largest absolute Gasteiger partial charge is 0.546 e. The molecule has 11 N–H and O–H groups in total. The number of fused-ring (bicyclic) bond motifs is 15. The summed E-state index contributed by atoms with van der Waals surface area (Å²) < 4.78 is 88.3. The maximum absolute atomic E-state index is 15.7. The van der Waals surface area contributed by atoms with E-state index in [4.69, 9.17) is 90.5 Å². The van der Waals surface area contributed by atoms with E-state index in [1.165, 1.54) is 66.1 Å². The molecule has 12 unspecified atom stereocenters. The van der Waals surface area contributed by atoms with Crippen LogP contribution in [0.5, 0.6) is 5.75 Å². The summed E-state index contributed by atoms with van der Waals surface area (Å²) in [5.74, 6) is -9.87. The lowest BCUT2D eigenvalue weighted by molar-refractivity contribution is -0.280. The fourth-order valence-electron chi connectivity index (χ4n) is 12.4. The van der Waals surface area contributed by atoms with Crippen molar-refractivity contribution >= 4 is 160 Å². The summed E-state index contributed by atoms with van der Waals surface area (Å²) in [6.45, 7) is 5.91. The molecule has 0 radical (unpaired) electrons. The zero-order chi connectivity index (χ0) is 80.6. The molecule has 596 valence electrons. The third-order valence-electron chi connectivity index (χ3n) is 17.3. The molecule has 0 aliphatic carbocycles. The van der Waals surface area contributed by atoms with E-state index in [1.807, 2.05) is 0 Å². The summed E-state index contributed by atoms with van der Waals surface area (Å²) in [5, 5.41) is 42.2. The van der Waals surface area contributed by atoms with E-state index in [1.54, 1.807) is 32.8 Å². The van der Waals surface area contributed by atoms with E-state index >= 15 is 19.2 Å². The average molecular weight is 1720 g/mol. The van der Waals surface area contributed by atoms with Gasteiger partial charge in [-0.05, 0) is 59.5 Å². The van der Waals surface area contributed by atoms with Gasteiger partial charge in [-0.3, -0.25) is 47.6 Å². The second-order valence-electron chi connectivity index (χ2n) is 25.4. The highest BCUT2D eigenvalue weighted by atomic mass is 35.5. The van der Waals surface area contributed by atoms with Crippen molar-refractivity contribution in [2.75, 3.05) is 52.8 Å². The number of alkyl halides is 2. The average Bonchev–Trinajstić information content (AvgIpc) is 1.58. The number of allylic oxidation sites excluding steroid dienone is 1. The summed E-state index contributed by atoms with van der Waals surface area (Å²) in [6.07, 6.45) is -8.18. The van der Waals surface area contributed by atoms with Gasteiger partial charge in [-0.2, -0.15) is 4.73 Å². The number of amides is 6. The minimum Gasteiger partial charge on any atom is -0.499 e. The van der Waals surface area contributed by atoms with E-state index in [9.17, 15) is 48.3 Å². The number of carbonyl (C=O) groups excluding carboxylic acids is 8. The Balaban J connectivity index is 1.09. The molecule has 38 nitrogen and oxygen atoms in total. The van der Waals surface area contributed by atoms with Crippen molar-refractivity contribution in [3.05, 3.63) is 124 Å². The Morgan fingerprint density at radius 2 is 1.48 bits per heavy atom. The lowest BCUT2D eigenvalue weighted by atomic mass is 9.85. The molecule has 1 fully saturated rings. The summed E-state index contributed by atoms with van der Waals surface area (Å²) in [7, 11) is -5.80. The molecule has 1 saturated heterocycles. The van der Waals surface area contributed by atoms with Crippen LogP contribution in [0, 0.1) is 0 Å². The molecule has 7 aromatic heterocycles. The van der Waals surface area contributed by atoms with Crippen molar-refractivity contribution < 1.29 is 114 Å². The van der Waals surface area contributed by atoms with E-state index in [2.05, 4.69) is 48.1 Å². The highest BCUT2D eigenvalue weighted by Gasteiger charge is 2.50. The second kappa shape index (κ2) is 34.2. The number of thiazole rings is 5. The number of aromatic nitrogens is 7. The molecule has 0 spiro atoms. The van der Waals surface area contributed by atoms with Gasteiger partial charge in [0.05, 0.1) is 62.0 Å². The van der Waals surface area contributed by atoms with Crippen LogP contribution in [0.25, 0.3) is 49.3 Å². The van der Waals surface area contributed by atoms with Gasteiger partial charge >= 0.3 is 27.6 Å². The Bertz CT molecular complexity index is 5180. The number of esters is 2. The third-order valence-corrected chi connectivity index (χ3v) is 23.9. The third kappa shape index (κ3) is 18.0. The number of halogens is 2. The molecular formula is C65H68Cl2N14O24P2S5. The van der Waals surface area contributed by atoms with Gasteiger partial charge in [0.2, 0.25) is 5.91 Å². The zero-order valence-corrected chi connectivity index (χ0v) is 66.9. The molecule has 8 aromatic rings. The number of methoxy groups -OCH3 is 1. The van der Waals surface area contributed by atoms with Gasteiger partial charge in [0.1, 0.15) is 114 Å². The highest BCUT2D eigenvalue weighted by Crippen LogP contribution is 2.50. The first-order valence-corrected chi connectivity index (χ1v) is 41.7. The van der Waals surface area contributed by atoms with Crippen LogP contribution in [0.15, 0.2) is 69.2 Å². The van der Waals surface area contributed by atoms with Gasteiger partial charge in [0.25, 0.3) is 29.5 Å². The number of nitrogens with one attached hydrogen (secondary N) is 5. The van der Waals surface area contributed by atoms with Crippen LogP contribution in [0.4, 0.5) is 0 Å². The molecule has 4 aliphatic rings. The minimum atomic E-state index is -5.33. The predicted molar refractivity (Wildman–Crippen MR) is 401 cm³/mol. The van der Waals surface area contributed by atoms with Crippen LogP contribution in [0.1, 0.15) is 125 Å². The van der Waals surface area contributed by atoms with Gasteiger partial charge < -0.3 is 85.0 Å². The number of cyclic esters (lactones) is 2.